The number of hydrazone groups is 1. The summed E-state index contributed by atoms with van der Waals surface area (Å²) in [6, 6.07) is 22.2. The number of benzene rings is 3. The molecule has 1 saturated heterocycles. The second kappa shape index (κ2) is 10.2. The lowest BCUT2D eigenvalue weighted by Gasteiger charge is -2.24. The van der Waals surface area contributed by atoms with Gasteiger partial charge in [-0.2, -0.15) is 5.10 Å². The van der Waals surface area contributed by atoms with Crippen molar-refractivity contribution in [2.24, 2.45) is 5.10 Å². The normalized spacial score (nSPS) is 16.0. The SMILES string of the molecule is O=C(N/N=C\c1ccc(Cl)cc1Cl)c1ccc([C@H]2SCC(=O)N2Cc2ccccc2)cc1. The third-order valence-electron chi connectivity index (χ3n) is 4.95. The number of hydrogen-bond acceptors (Lipinski definition) is 4. The van der Waals surface area contributed by atoms with Gasteiger partial charge in [0.25, 0.3) is 5.91 Å². The maximum absolute atomic E-state index is 12.4. The molecule has 1 N–H and O–H groups in total. The van der Waals surface area contributed by atoms with Crippen molar-refractivity contribution in [3.8, 4) is 0 Å². The zero-order valence-electron chi connectivity index (χ0n) is 16.9. The molecule has 0 radical (unpaired) electrons. The van der Waals surface area contributed by atoms with E-state index >= 15 is 0 Å². The number of carbonyl (C=O) groups excluding carboxylic acids is 2. The van der Waals surface area contributed by atoms with Crippen LogP contribution in [-0.2, 0) is 11.3 Å². The Kier molecular flexibility index (Phi) is 7.15. The first kappa shape index (κ1) is 22.4. The molecule has 0 unspecified atom stereocenters. The van der Waals surface area contributed by atoms with Crippen molar-refractivity contribution in [3.63, 3.8) is 0 Å². The van der Waals surface area contributed by atoms with Gasteiger partial charge in [-0.1, -0.05) is 71.7 Å². The number of halogens is 2. The van der Waals surface area contributed by atoms with Crippen LogP contribution in [0.4, 0.5) is 0 Å². The van der Waals surface area contributed by atoms with E-state index in [9.17, 15) is 9.59 Å². The monoisotopic (exact) mass is 483 g/mol. The molecule has 3 aromatic carbocycles. The van der Waals surface area contributed by atoms with Crippen LogP contribution in [0.2, 0.25) is 10.0 Å². The lowest BCUT2D eigenvalue weighted by atomic mass is 10.1. The molecule has 162 valence electrons. The highest BCUT2D eigenvalue weighted by Gasteiger charge is 2.32. The van der Waals surface area contributed by atoms with Crippen LogP contribution in [0.1, 0.15) is 32.4 Å². The molecule has 4 rings (SSSR count). The van der Waals surface area contributed by atoms with E-state index in [0.717, 1.165) is 11.1 Å². The second-order valence-electron chi connectivity index (χ2n) is 7.16. The zero-order chi connectivity index (χ0) is 22.5. The van der Waals surface area contributed by atoms with Gasteiger partial charge in [0.2, 0.25) is 5.91 Å². The fraction of sp³-hybridized carbons (Fsp3) is 0.125. The number of rotatable bonds is 6. The Morgan fingerprint density at radius 1 is 1.09 bits per heavy atom. The van der Waals surface area contributed by atoms with Crippen molar-refractivity contribution in [2.75, 3.05) is 5.75 Å². The van der Waals surface area contributed by atoms with Gasteiger partial charge >= 0.3 is 0 Å². The molecule has 1 fully saturated rings. The summed E-state index contributed by atoms with van der Waals surface area (Å²) in [6.07, 6.45) is 1.47. The standard InChI is InChI=1S/C24H19Cl2N3O2S/c25-20-11-10-19(21(26)12-20)13-27-28-23(31)17-6-8-18(9-7-17)24-29(22(30)15-32-24)14-16-4-2-1-3-5-16/h1-13,24H,14-15H2,(H,28,31)/b27-13-/t24-/m1/s1. The molecule has 2 amide bonds. The molecule has 0 saturated carbocycles. The van der Waals surface area contributed by atoms with Crippen molar-refractivity contribution < 1.29 is 9.59 Å². The first-order valence-corrected chi connectivity index (χ1v) is 11.6. The Morgan fingerprint density at radius 2 is 1.84 bits per heavy atom. The summed E-state index contributed by atoms with van der Waals surface area (Å²) in [5, 5.41) is 4.87. The zero-order valence-corrected chi connectivity index (χ0v) is 19.2. The van der Waals surface area contributed by atoms with Gasteiger partial charge in [-0.25, -0.2) is 5.43 Å². The molecule has 0 aromatic heterocycles. The molecule has 3 aromatic rings. The number of amides is 2. The van der Waals surface area contributed by atoms with Crippen molar-refractivity contribution in [3.05, 3.63) is 105 Å². The van der Waals surface area contributed by atoms with Crippen molar-refractivity contribution in [2.45, 2.75) is 11.9 Å². The molecule has 1 aliphatic rings. The Morgan fingerprint density at radius 3 is 2.56 bits per heavy atom. The van der Waals surface area contributed by atoms with Gasteiger partial charge < -0.3 is 4.90 Å². The summed E-state index contributed by atoms with van der Waals surface area (Å²) in [5.74, 6) is 0.219. The summed E-state index contributed by atoms with van der Waals surface area (Å²) in [6.45, 7) is 0.557. The minimum absolute atomic E-state index is 0.0788. The van der Waals surface area contributed by atoms with E-state index < -0.39 is 0 Å². The van der Waals surface area contributed by atoms with Gasteiger partial charge in [-0.15, -0.1) is 11.8 Å². The summed E-state index contributed by atoms with van der Waals surface area (Å²) >= 11 is 13.6. The third-order valence-corrected chi connectivity index (χ3v) is 6.77. The molecule has 0 spiro atoms. The minimum Gasteiger partial charge on any atom is -0.322 e. The third kappa shape index (κ3) is 5.33. The minimum atomic E-state index is -0.339. The van der Waals surface area contributed by atoms with Crippen LogP contribution in [0.3, 0.4) is 0 Å². The van der Waals surface area contributed by atoms with Crippen LogP contribution in [0.15, 0.2) is 77.9 Å². The Labute approximate surface area is 200 Å². The summed E-state index contributed by atoms with van der Waals surface area (Å²) in [7, 11) is 0. The van der Waals surface area contributed by atoms with Gasteiger partial charge in [0.1, 0.15) is 5.37 Å². The molecular formula is C24H19Cl2N3O2S. The van der Waals surface area contributed by atoms with Gasteiger partial charge in [-0.05, 0) is 35.4 Å². The largest absolute Gasteiger partial charge is 0.322 e. The number of carbonyl (C=O) groups is 2. The molecule has 5 nitrogen and oxygen atoms in total. The van der Waals surface area contributed by atoms with Gasteiger partial charge in [0.15, 0.2) is 0 Å². The average molecular weight is 484 g/mol. The fourth-order valence-electron chi connectivity index (χ4n) is 3.31. The lowest BCUT2D eigenvalue weighted by Crippen LogP contribution is -2.27. The highest BCUT2D eigenvalue weighted by atomic mass is 35.5. The van der Waals surface area contributed by atoms with E-state index in [1.807, 2.05) is 47.4 Å². The number of hydrogen-bond donors (Lipinski definition) is 1. The van der Waals surface area contributed by atoms with Gasteiger partial charge in [0.05, 0.1) is 17.0 Å². The summed E-state index contributed by atoms with van der Waals surface area (Å²) < 4.78 is 0. The Balaban J connectivity index is 1.41. The molecule has 1 heterocycles. The highest BCUT2D eigenvalue weighted by molar-refractivity contribution is 8.00. The Hall–Kier alpha value is -2.80. The summed E-state index contributed by atoms with van der Waals surface area (Å²) in [4.78, 5) is 26.7. The van der Waals surface area contributed by atoms with E-state index in [4.69, 9.17) is 23.2 Å². The van der Waals surface area contributed by atoms with Crippen molar-refractivity contribution in [1.82, 2.24) is 10.3 Å². The maximum atomic E-state index is 12.4. The first-order chi connectivity index (χ1) is 15.5. The molecule has 1 atom stereocenters. The molecule has 1 aliphatic heterocycles. The van der Waals surface area contributed by atoms with Crippen LogP contribution in [-0.4, -0.2) is 28.7 Å². The number of nitrogens with one attached hydrogen (secondary N) is 1. The molecule has 8 heteroatoms. The van der Waals surface area contributed by atoms with E-state index in [2.05, 4.69) is 10.5 Å². The highest BCUT2D eigenvalue weighted by Crippen LogP contribution is 2.39. The predicted molar refractivity (Wildman–Crippen MR) is 130 cm³/mol. The maximum Gasteiger partial charge on any atom is 0.271 e. The lowest BCUT2D eigenvalue weighted by molar-refractivity contribution is -0.128. The van der Waals surface area contributed by atoms with Crippen LogP contribution in [0, 0.1) is 0 Å². The van der Waals surface area contributed by atoms with Crippen LogP contribution in [0.5, 0.6) is 0 Å². The van der Waals surface area contributed by atoms with Gasteiger partial charge in [-0.3, -0.25) is 9.59 Å². The topological polar surface area (TPSA) is 61.8 Å². The molecule has 32 heavy (non-hydrogen) atoms. The van der Waals surface area contributed by atoms with Gasteiger partial charge in [0, 0.05) is 22.7 Å². The number of thioether (sulfide) groups is 1. The van der Waals surface area contributed by atoms with Crippen molar-refractivity contribution in [1.29, 1.82) is 0 Å². The van der Waals surface area contributed by atoms with E-state index in [1.165, 1.54) is 6.21 Å². The molecule has 0 bridgehead atoms. The second-order valence-corrected chi connectivity index (χ2v) is 9.07. The first-order valence-electron chi connectivity index (χ1n) is 9.84. The predicted octanol–water partition coefficient (Wildman–Crippen LogP) is 5.53. The average Bonchev–Trinajstić information content (AvgIpc) is 3.16. The molecule has 0 aliphatic carbocycles. The Bertz CT molecular complexity index is 1150. The smallest absolute Gasteiger partial charge is 0.271 e. The van der Waals surface area contributed by atoms with Crippen LogP contribution >= 0.6 is 35.0 Å². The van der Waals surface area contributed by atoms with Crippen molar-refractivity contribution >= 4 is 53.0 Å². The van der Waals surface area contributed by atoms with E-state index in [0.29, 0.717) is 33.5 Å². The summed E-state index contributed by atoms with van der Waals surface area (Å²) in [5.41, 5.74) is 5.67. The number of nitrogens with zero attached hydrogens (tertiary/aromatic N) is 2. The quantitative estimate of drug-likeness (QED) is 0.370. The van der Waals surface area contributed by atoms with Crippen LogP contribution in [0.25, 0.3) is 0 Å². The van der Waals surface area contributed by atoms with E-state index in [-0.39, 0.29) is 17.2 Å². The molecular weight excluding hydrogens is 465 g/mol. The fourth-order valence-corrected chi connectivity index (χ4v) is 4.96. The van der Waals surface area contributed by atoms with Crippen LogP contribution < -0.4 is 5.43 Å². The van der Waals surface area contributed by atoms with E-state index in [1.54, 1.807) is 42.1 Å².